The average molecular weight is 498 g/mol. The van der Waals surface area contributed by atoms with Crippen molar-refractivity contribution in [2.75, 3.05) is 27.3 Å². The second kappa shape index (κ2) is 8.85. The molecule has 2 heterocycles. The van der Waals surface area contributed by atoms with Crippen molar-refractivity contribution in [3.63, 3.8) is 0 Å². The molecule has 3 rings (SSSR count). The maximum absolute atomic E-state index is 13.0. The minimum absolute atomic E-state index is 0.0190. The zero-order chi connectivity index (χ0) is 20.3. The molecule has 1 N–H and O–H groups in total. The van der Waals surface area contributed by atoms with Crippen LogP contribution < -0.4 is 14.8 Å². The molecule has 0 spiro atoms. The van der Waals surface area contributed by atoms with E-state index < -0.39 is 0 Å². The van der Waals surface area contributed by atoms with Gasteiger partial charge in [-0.1, -0.05) is 0 Å². The molecule has 1 aliphatic rings. The van der Waals surface area contributed by atoms with Gasteiger partial charge in [0.15, 0.2) is 17.3 Å². The summed E-state index contributed by atoms with van der Waals surface area (Å²) in [5, 5.41) is 3.00. The Balaban J connectivity index is 1.62. The molecule has 28 heavy (non-hydrogen) atoms. The van der Waals surface area contributed by atoms with E-state index in [9.17, 15) is 9.59 Å². The Kier molecular flexibility index (Phi) is 6.48. The predicted octanol–water partition coefficient (Wildman–Crippen LogP) is 3.24. The number of nitrogens with one attached hydrogen (secondary N) is 1. The van der Waals surface area contributed by atoms with Crippen LogP contribution in [0.5, 0.6) is 11.5 Å². The van der Waals surface area contributed by atoms with Crippen LogP contribution in [0, 0.1) is 10.5 Å². The highest BCUT2D eigenvalue weighted by Crippen LogP contribution is 2.32. The molecule has 0 saturated carbocycles. The second-order valence-electron chi connectivity index (χ2n) is 6.66. The summed E-state index contributed by atoms with van der Waals surface area (Å²) in [6.07, 6.45) is 2.90. The summed E-state index contributed by atoms with van der Waals surface area (Å²) in [6, 6.07) is 5.30. The fourth-order valence-electron chi connectivity index (χ4n) is 3.27. The van der Waals surface area contributed by atoms with Crippen LogP contribution in [0.2, 0.25) is 0 Å². The van der Waals surface area contributed by atoms with Crippen LogP contribution in [-0.2, 0) is 0 Å². The van der Waals surface area contributed by atoms with Gasteiger partial charge in [-0.15, -0.1) is 0 Å². The minimum atomic E-state index is -0.207. The molecule has 0 aliphatic carbocycles. The van der Waals surface area contributed by atoms with Gasteiger partial charge in [-0.3, -0.25) is 9.59 Å². The highest BCUT2D eigenvalue weighted by Gasteiger charge is 2.27. The highest BCUT2D eigenvalue weighted by atomic mass is 127. The molecular formula is C20H23IN2O5. The zero-order valence-corrected chi connectivity index (χ0v) is 18.2. The van der Waals surface area contributed by atoms with Gasteiger partial charge in [-0.2, -0.15) is 0 Å². The molecular weight excluding hydrogens is 475 g/mol. The topological polar surface area (TPSA) is 81.0 Å². The maximum atomic E-state index is 13.0. The van der Waals surface area contributed by atoms with E-state index in [2.05, 4.69) is 27.9 Å². The molecule has 0 unspecified atom stereocenters. The number of hydrogen-bond donors (Lipinski definition) is 1. The number of benzene rings is 1. The summed E-state index contributed by atoms with van der Waals surface area (Å²) < 4.78 is 16.7. The first kappa shape index (κ1) is 20.5. The molecule has 0 atom stereocenters. The van der Waals surface area contributed by atoms with Crippen molar-refractivity contribution in [2.45, 2.75) is 25.8 Å². The van der Waals surface area contributed by atoms with E-state index >= 15 is 0 Å². The van der Waals surface area contributed by atoms with Crippen molar-refractivity contribution < 1.29 is 23.5 Å². The van der Waals surface area contributed by atoms with Gasteiger partial charge in [0.05, 0.1) is 26.0 Å². The summed E-state index contributed by atoms with van der Waals surface area (Å²) >= 11 is 2.13. The molecule has 8 heteroatoms. The molecule has 1 aliphatic heterocycles. The van der Waals surface area contributed by atoms with Gasteiger partial charge in [0.1, 0.15) is 0 Å². The Morgan fingerprint density at radius 3 is 2.39 bits per heavy atom. The summed E-state index contributed by atoms with van der Waals surface area (Å²) in [5.74, 6) is 1.22. The molecule has 1 fully saturated rings. The lowest BCUT2D eigenvalue weighted by atomic mass is 10.0. The molecule has 7 nitrogen and oxygen atoms in total. The first-order valence-electron chi connectivity index (χ1n) is 9.00. The Bertz CT molecular complexity index is 871. The number of likely N-dealkylation sites (tertiary alicyclic amines) is 1. The highest BCUT2D eigenvalue weighted by molar-refractivity contribution is 14.1. The number of ether oxygens (including phenoxy) is 2. The Hall–Kier alpha value is -2.23. The predicted molar refractivity (Wildman–Crippen MR) is 112 cm³/mol. The number of piperidine rings is 1. The molecule has 1 aromatic heterocycles. The first-order chi connectivity index (χ1) is 13.4. The number of carbonyl (C=O) groups is 2. The fraction of sp³-hybridized carbons (Fsp3) is 0.400. The minimum Gasteiger partial charge on any atom is -0.493 e. The van der Waals surface area contributed by atoms with Crippen molar-refractivity contribution in [3.05, 3.63) is 44.9 Å². The molecule has 150 valence electrons. The normalized spacial score (nSPS) is 14.6. The van der Waals surface area contributed by atoms with E-state index in [0.29, 0.717) is 48.8 Å². The van der Waals surface area contributed by atoms with E-state index in [0.717, 1.165) is 9.13 Å². The van der Waals surface area contributed by atoms with E-state index in [4.69, 9.17) is 13.9 Å². The van der Waals surface area contributed by atoms with Crippen LogP contribution in [0.25, 0.3) is 0 Å². The van der Waals surface area contributed by atoms with Crippen LogP contribution in [0.4, 0.5) is 0 Å². The van der Waals surface area contributed by atoms with Crippen molar-refractivity contribution in [2.24, 2.45) is 0 Å². The Morgan fingerprint density at radius 2 is 1.82 bits per heavy atom. The third kappa shape index (κ3) is 4.26. The molecule has 2 amide bonds. The quantitative estimate of drug-likeness (QED) is 0.641. The van der Waals surface area contributed by atoms with Crippen LogP contribution in [0.15, 0.2) is 28.9 Å². The lowest BCUT2D eigenvalue weighted by Crippen LogP contribution is -2.46. The molecule has 1 aromatic carbocycles. The van der Waals surface area contributed by atoms with E-state index in [1.54, 1.807) is 32.4 Å². The SMILES string of the molecule is COc1cc(I)c(C(=O)N2CCC(NC(=O)c3occc3C)CC2)cc1OC. The first-order valence-corrected chi connectivity index (χ1v) is 10.1. The second-order valence-corrected chi connectivity index (χ2v) is 7.82. The van der Waals surface area contributed by atoms with E-state index in [1.165, 1.54) is 6.26 Å². The van der Waals surface area contributed by atoms with Crippen molar-refractivity contribution in [1.82, 2.24) is 10.2 Å². The van der Waals surface area contributed by atoms with Gasteiger partial charge >= 0.3 is 0 Å². The largest absolute Gasteiger partial charge is 0.493 e. The Labute approximate surface area is 177 Å². The van der Waals surface area contributed by atoms with Gasteiger partial charge in [0.2, 0.25) is 0 Å². The van der Waals surface area contributed by atoms with Gasteiger partial charge in [-0.05, 0) is 60.6 Å². The number of rotatable bonds is 5. The number of aryl methyl sites for hydroxylation is 1. The molecule has 1 saturated heterocycles. The lowest BCUT2D eigenvalue weighted by Gasteiger charge is -2.32. The number of hydrogen-bond acceptors (Lipinski definition) is 5. The zero-order valence-electron chi connectivity index (χ0n) is 16.1. The average Bonchev–Trinajstić information content (AvgIpc) is 3.13. The van der Waals surface area contributed by atoms with Crippen LogP contribution in [0.1, 0.15) is 39.3 Å². The standard InChI is InChI=1S/C20H23IN2O5/c1-12-6-9-28-18(12)19(24)22-13-4-7-23(8-5-13)20(25)14-10-16(26-2)17(27-3)11-15(14)21/h6,9-11,13H,4-5,7-8H2,1-3H3,(H,22,24). The number of amides is 2. The summed E-state index contributed by atoms with van der Waals surface area (Å²) in [7, 11) is 3.12. The van der Waals surface area contributed by atoms with Gasteiger partial charge in [0.25, 0.3) is 11.8 Å². The van der Waals surface area contributed by atoms with E-state index in [1.807, 2.05) is 11.8 Å². The fourth-order valence-corrected chi connectivity index (χ4v) is 3.94. The maximum Gasteiger partial charge on any atom is 0.287 e. The van der Waals surface area contributed by atoms with Crippen molar-refractivity contribution in [3.8, 4) is 11.5 Å². The number of halogens is 1. The third-order valence-electron chi connectivity index (χ3n) is 4.89. The summed E-state index contributed by atoms with van der Waals surface area (Å²) in [4.78, 5) is 27.1. The molecule has 2 aromatic rings. The van der Waals surface area contributed by atoms with Gasteiger partial charge in [-0.25, -0.2) is 0 Å². The molecule has 0 bridgehead atoms. The Morgan fingerprint density at radius 1 is 1.18 bits per heavy atom. The van der Waals surface area contributed by atoms with Crippen molar-refractivity contribution >= 4 is 34.4 Å². The number of nitrogens with zero attached hydrogens (tertiary/aromatic N) is 1. The number of carbonyl (C=O) groups excluding carboxylic acids is 2. The monoisotopic (exact) mass is 498 g/mol. The summed E-state index contributed by atoms with van der Waals surface area (Å²) in [5.41, 5.74) is 1.40. The van der Waals surface area contributed by atoms with Gasteiger partial charge < -0.3 is 24.1 Å². The van der Waals surface area contributed by atoms with E-state index in [-0.39, 0.29) is 17.9 Å². The molecule has 0 radical (unpaired) electrons. The third-order valence-corrected chi connectivity index (χ3v) is 5.78. The smallest absolute Gasteiger partial charge is 0.287 e. The number of furan rings is 1. The van der Waals surface area contributed by atoms with Crippen LogP contribution in [-0.4, -0.2) is 50.1 Å². The van der Waals surface area contributed by atoms with Crippen molar-refractivity contribution in [1.29, 1.82) is 0 Å². The van der Waals surface area contributed by atoms with Gasteiger partial charge in [0, 0.05) is 28.3 Å². The summed E-state index contributed by atoms with van der Waals surface area (Å²) in [6.45, 7) is 2.99. The van der Waals surface area contributed by atoms with Crippen LogP contribution >= 0.6 is 22.6 Å². The van der Waals surface area contributed by atoms with Crippen LogP contribution in [0.3, 0.4) is 0 Å². The number of methoxy groups -OCH3 is 2. The lowest BCUT2D eigenvalue weighted by molar-refractivity contribution is 0.0694.